The lowest BCUT2D eigenvalue weighted by Gasteiger charge is -2.22. The van der Waals surface area contributed by atoms with E-state index in [2.05, 4.69) is 10.1 Å². The highest BCUT2D eigenvalue weighted by Gasteiger charge is 2.19. The summed E-state index contributed by atoms with van der Waals surface area (Å²) >= 11 is 5.97. The van der Waals surface area contributed by atoms with Gasteiger partial charge >= 0.3 is 12.1 Å². The number of alkyl carbamates (subject to hydrolysis) is 1. The van der Waals surface area contributed by atoms with Crippen molar-refractivity contribution in [2.45, 2.75) is 38.8 Å². The van der Waals surface area contributed by atoms with Crippen LogP contribution in [-0.4, -0.2) is 30.8 Å². The Labute approximate surface area is 141 Å². The summed E-state index contributed by atoms with van der Waals surface area (Å²) in [5, 5.41) is 3.33. The normalized spacial score (nSPS) is 12.7. The topological polar surface area (TPSA) is 64.6 Å². The van der Waals surface area contributed by atoms with Crippen LogP contribution in [0.25, 0.3) is 0 Å². The molecule has 0 spiro atoms. The third-order valence-corrected chi connectivity index (χ3v) is 2.95. The predicted molar refractivity (Wildman–Crippen MR) is 89.5 cm³/mol. The summed E-state index contributed by atoms with van der Waals surface area (Å²) in [6.45, 7) is 5.34. The van der Waals surface area contributed by atoms with E-state index in [1.165, 1.54) is 13.2 Å². The maximum atomic E-state index is 11.9. The van der Waals surface area contributed by atoms with Crippen LogP contribution in [0.15, 0.2) is 36.4 Å². The number of hydrogen-bond acceptors (Lipinski definition) is 4. The molecule has 0 bridgehead atoms. The Hall–Kier alpha value is -2.01. The van der Waals surface area contributed by atoms with Gasteiger partial charge in [-0.2, -0.15) is 0 Å². The van der Waals surface area contributed by atoms with E-state index in [0.29, 0.717) is 11.4 Å². The summed E-state index contributed by atoms with van der Waals surface area (Å²) in [5.74, 6) is -0.493. The van der Waals surface area contributed by atoms with Gasteiger partial charge in [-0.15, -0.1) is 0 Å². The van der Waals surface area contributed by atoms with Gasteiger partial charge in [0.2, 0.25) is 0 Å². The van der Waals surface area contributed by atoms with Gasteiger partial charge in [-0.25, -0.2) is 9.59 Å². The highest BCUT2D eigenvalue weighted by molar-refractivity contribution is 6.30. The molecule has 1 N–H and O–H groups in total. The summed E-state index contributed by atoms with van der Waals surface area (Å²) in [7, 11) is 1.29. The number of ether oxygens (including phenoxy) is 2. The molecule has 1 aromatic carbocycles. The van der Waals surface area contributed by atoms with Crippen molar-refractivity contribution in [1.29, 1.82) is 0 Å². The number of carbonyl (C=O) groups excluding carboxylic acids is 2. The molecule has 0 aliphatic rings. The van der Waals surface area contributed by atoms with Crippen LogP contribution >= 0.6 is 11.6 Å². The molecule has 0 saturated heterocycles. The van der Waals surface area contributed by atoms with E-state index in [-0.39, 0.29) is 0 Å². The minimum absolute atomic E-state index is 0.428. The van der Waals surface area contributed by atoms with Crippen molar-refractivity contribution < 1.29 is 19.1 Å². The molecule has 1 amide bonds. The van der Waals surface area contributed by atoms with Gasteiger partial charge in [0.25, 0.3) is 0 Å². The maximum Gasteiger partial charge on any atom is 0.408 e. The second-order valence-electron chi connectivity index (χ2n) is 5.97. The van der Waals surface area contributed by atoms with Crippen molar-refractivity contribution in [3.05, 3.63) is 47.0 Å². The summed E-state index contributed by atoms with van der Waals surface area (Å²) in [6.07, 6.45) is 2.75. The van der Waals surface area contributed by atoms with Gasteiger partial charge in [0.05, 0.1) is 13.2 Å². The molecular formula is C17H22ClNO4. The first kappa shape index (κ1) is 19.0. The van der Waals surface area contributed by atoms with Crippen molar-refractivity contribution in [3.8, 4) is 0 Å². The van der Waals surface area contributed by atoms with Crippen LogP contribution in [0.3, 0.4) is 0 Å². The second kappa shape index (κ2) is 8.58. The highest BCUT2D eigenvalue weighted by atomic mass is 35.5. The number of methoxy groups -OCH3 is 1. The van der Waals surface area contributed by atoms with E-state index in [1.807, 2.05) is 12.1 Å². The molecule has 0 aromatic heterocycles. The van der Waals surface area contributed by atoms with Crippen molar-refractivity contribution in [2.75, 3.05) is 7.11 Å². The molecule has 0 saturated carbocycles. The van der Waals surface area contributed by atoms with Gasteiger partial charge in [-0.3, -0.25) is 0 Å². The number of carbonyl (C=O) groups is 2. The first-order chi connectivity index (χ1) is 10.7. The van der Waals surface area contributed by atoms with Crippen LogP contribution in [0.5, 0.6) is 0 Å². The van der Waals surface area contributed by atoms with Crippen LogP contribution in [0, 0.1) is 0 Å². The van der Waals surface area contributed by atoms with E-state index in [4.69, 9.17) is 16.3 Å². The SMILES string of the molecule is COC(=O)C=C[C@H](Cc1cccc(Cl)c1)NC(=O)OC(C)(C)C. The van der Waals surface area contributed by atoms with Crippen molar-refractivity contribution in [2.24, 2.45) is 0 Å². The van der Waals surface area contributed by atoms with Gasteiger partial charge in [0.15, 0.2) is 0 Å². The molecule has 0 heterocycles. The Morgan fingerprint density at radius 1 is 1.35 bits per heavy atom. The van der Waals surface area contributed by atoms with E-state index in [9.17, 15) is 9.59 Å². The van der Waals surface area contributed by atoms with Crippen LogP contribution in [0.4, 0.5) is 4.79 Å². The number of amides is 1. The molecule has 0 fully saturated rings. The van der Waals surface area contributed by atoms with Crippen LogP contribution in [-0.2, 0) is 20.7 Å². The van der Waals surface area contributed by atoms with Crippen molar-refractivity contribution >= 4 is 23.7 Å². The average molecular weight is 340 g/mol. The summed E-state index contributed by atoms with van der Waals surface area (Å²) in [6, 6.07) is 6.86. The number of hydrogen-bond donors (Lipinski definition) is 1. The molecule has 1 aromatic rings. The lowest BCUT2D eigenvalue weighted by molar-refractivity contribution is -0.134. The average Bonchev–Trinajstić information content (AvgIpc) is 2.42. The van der Waals surface area contributed by atoms with Gasteiger partial charge in [-0.05, 0) is 44.9 Å². The fourth-order valence-corrected chi connectivity index (χ4v) is 2.02. The number of rotatable bonds is 5. The molecule has 0 radical (unpaired) electrons. The largest absolute Gasteiger partial charge is 0.466 e. The van der Waals surface area contributed by atoms with Gasteiger partial charge < -0.3 is 14.8 Å². The first-order valence-electron chi connectivity index (χ1n) is 7.20. The molecule has 6 heteroatoms. The monoisotopic (exact) mass is 339 g/mol. The number of esters is 1. The highest BCUT2D eigenvalue weighted by Crippen LogP contribution is 2.13. The van der Waals surface area contributed by atoms with Crippen LogP contribution < -0.4 is 5.32 Å². The van der Waals surface area contributed by atoms with E-state index >= 15 is 0 Å². The smallest absolute Gasteiger partial charge is 0.408 e. The Balaban J connectivity index is 2.82. The summed E-state index contributed by atoms with van der Waals surface area (Å²) < 4.78 is 9.80. The molecule has 1 atom stereocenters. The first-order valence-corrected chi connectivity index (χ1v) is 7.57. The molecular weight excluding hydrogens is 318 g/mol. The quantitative estimate of drug-likeness (QED) is 0.658. The third-order valence-electron chi connectivity index (χ3n) is 2.71. The second-order valence-corrected chi connectivity index (χ2v) is 6.41. The Bertz CT molecular complexity index is 578. The lowest BCUT2D eigenvalue weighted by atomic mass is 10.1. The molecule has 0 aliphatic heterocycles. The minimum Gasteiger partial charge on any atom is -0.466 e. The number of benzene rings is 1. The number of nitrogens with one attached hydrogen (secondary N) is 1. The molecule has 126 valence electrons. The Kier molecular flexibility index (Phi) is 7.10. The van der Waals surface area contributed by atoms with Crippen LogP contribution in [0.2, 0.25) is 5.02 Å². The molecule has 5 nitrogen and oxygen atoms in total. The summed E-state index contributed by atoms with van der Waals surface area (Å²) in [5.41, 5.74) is 0.324. The van der Waals surface area contributed by atoms with Crippen molar-refractivity contribution in [3.63, 3.8) is 0 Å². The molecule has 23 heavy (non-hydrogen) atoms. The molecule has 0 unspecified atom stereocenters. The molecule has 0 aliphatic carbocycles. The number of halogens is 1. The summed E-state index contributed by atoms with van der Waals surface area (Å²) in [4.78, 5) is 23.2. The Morgan fingerprint density at radius 3 is 2.61 bits per heavy atom. The van der Waals surface area contributed by atoms with Crippen molar-refractivity contribution in [1.82, 2.24) is 5.32 Å². The predicted octanol–water partition coefficient (Wildman–Crippen LogP) is 3.51. The minimum atomic E-state index is -0.600. The zero-order valence-electron chi connectivity index (χ0n) is 13.8. The van der Waals surface area contributed by atoms with E-state index < -0.39 is 23.7 Å². The van der Waals surface area contributed by atoms with E-state index in [1.54, 1.807) is 39.0 Å². The molecule has 1 rings (SSSR count). The fraction of sp³-hybridized carbons (Fsp3) is 0.412. The van der Waals surface area contributed by atoms with Crippen LogP contribution in [0.1, 0.15) is 26.3 Å². The standard InChI is InChI=1S/C17H22ClNO4/c1-17(2,3)23-16(21)19-14(8-9-15(20)22-4)11-12-6-5-7-13(18)10-12/h5-10,14H,11H2,1-4H3,(H,19,21)/t14-/m1/s1. The van der Waals surface area contributed by atoms with Gasteiger partial charge in [0, 0.05) is 11.1 Å². The lowest BCUT2D eigenvalue weighted by Crippen LogP contribution is -2.39. The zero-order chi connectivity index (χ0) is 17.5. The fourth-order valence-electron chi connectivity index (χ4n) is 1.81. The third kappa shape index (κ3) is 8.26. The van der Waals surface area contributed by atoms with Gasteiger partial charge in [-0.1, -0.05) is 29.8 Å². The zero-order valence-corrected chi connectivity index (χ0v) is 14.5. The van der Waals surface area contributed by atoms with Gasteiger partial charge in [0.1, 0.15) is 5.60 Å². The van der Waals surface area contributed by atoms with E-state index in [0.717, 1.165) is 5.56 Å². The Morgan fingerprint density at radius 2 is 2.04 bits per heavy atom. The maximum absolute atomic E-state index is 11.9.